The lowest BCUT2D eigenvalue weighted by Crippen LogP contribution is -2.33. The molecule has 33 heavy (non-hydrogen) atoms. The molecule has 0 spiro atoms. The quantitative estimate of drug-likeness (QED) is 0.449. The Morgan fingerprint density at radius 1 is 0.879 bits per heavy atom. The number of nitrogens with zero attached hydrogens (tertiary/aromatic N) is 1. The first-order valence-corrected chi connectivity index (χ1v) is 11.1. The number of benzene rings is 3. The van der Waals surface area contributed by atoms with Crippen LogP contribution in [-0.2, 0) is 9.59 Å². The maximum atomic E-state index is 13.7. The molecular formula is C27H25ClN2O3. The van der Waals surface area contributed by atoms with Crippen molar-refractivity contribution in [3.63, 3.8) is 0 Å². The number of ether oxygens (including phenoxy) is 1. The lowest BCUT2D eigenvalue weighted by atomic mass is 10.0. The van der Waals surface area contributed by atoms with E-state index in [0.29, 0.717) is 33.3 Å². The monoisotopic (exact) mass is 460 g/mol. The van der Waals surface area contributed by atoms with Gasteiger partial charge in [-0.15, -0.1) is 0 Å². The van der Waals surface area contributed by atoms with Gasteiger partial charge in [0.15, 0.2) is 0 Å². The number of nitrogens with one attached hydrogen (secondary N) is 1. The van der Waals surface area contributed by atoms with Gasteiger partial charge in [-0.3, -0.25) is 9.59 Å². The highest BCUT2D eigenvalue weighted by atomic mass is 35.5. The molecule has 0 aromatic heterocycles. The van der Waals surface area contributed by atoms with Crippen LogP contribution in [-0.4, -0.2) is 17.9 Å². The number of carbonyl (C=O) groups is 2. The molecule has 168 valence electrons. The van der Waals surface area contributed by atoms with Crippen molar-refractivity contribution in [1.29, 1.82) is 0 Å². The summed E-state index contributed by atoms with van der Waals surface area (Å²) in [6.45, 7) is 7.63. The first kappa shape index (κ1) is 22.6. The summed E-state index contributed by atoms with van der Waals surface area (Å²) in [5, 5.41) is 3.77. The molecule has 0 radical (unpaired) electrons. The van der Waals surface area contributed by atoms with E-state index in [1.54, 1.807) is 30.3 Å². The Morgan fingerprint density at radius 3 is 2.27 bits per heavy atom. The molecule has 0 atom stereocenters. The Balaban J connectivity index is 1.85. The van der Waals surface area contributed by atoms with Gasteiger partial charge < -0.3 is 10.1 Å². The molecule has 0 saturated heterocycles. The maximum absolute atomic E-state index is 13.7. The number of hydrogen-bond donors (Lipinski definition) is 1. The van der Waals surface area contributed by atoms with Gasteiger partial charge in [0.25, 0.3) is 11.8 Å². The van der Waals surface area contributed by atoms with Crippen molar-refractivity contribution in [1.82, 2.24) is 0 Å². The molecule has 1 heterocycles. The lowest BCUT2D eigenvalue weighted by molar-refractivity contribution is -0.120. The normalized spacial score (nSPS) is 13.8. The molecule has 0 fully saturated rings. The molecule has 1 aliphatic rings. The minimum absolute atomic E-state index is 0.116. The predicted molar refractivity (Wildman–Crippen MR) is 133 cm³/mol. The maximum Gasteiger partial charge on any atom is 0.282 e. The van der Waals surface area contributed by atoms with Crippen molar-refractivity contribution in [3.05, 3.63) is 94.1 Å². The summed E-state index contributed by atoms with van der Waals surface area (Å²) >= 11 is 6.29. The summed E-state index contributed by atoms with van der Waals surface area (Å²) in [6, 6.07) is 20.0. The average molecular weight is 461 g/mol. The van der Waals surface area contributed by atoms with Crippen molar-refractivity contribution in [2.75, 3.05) is 10.2 Å². The molecule has 3 aromatic rings. The van der Waals surface area contributed by atoms with Gasteiger partial charge in [-0.05, 0) is 63.1 Å². The summed E-state index contributed by atoms with van der Waals surface area (Å²) in [5.74, 6) is -0.391. The Labute approximate surface area is 198 Å². The fourth-order valence-electron chi connectivity index (χ4n) is 3.73. The average Bonchev–Trinajstić information content (AvgIpc) is 3.01. The number of imide groups is 1. The SMILES string of the molecule is Cc1ccc(C2=C(Nc3cccc(Cl)c3C)C(=O)N(c3ccccc3OC(C)C)C2=O)cc1. The minimum atomic E-state index is -0.449. The largest absolute Gasteiger partial charge is 0.489 e. The molecule has 2 amide bonds. The van der Waals surface area contributed by atoms with Crippen LogP contribution < -0.4 is 15.0 Å². The molecule has 3 aromatic carbocycles. The molecular weight excluding hydrogens is 436 g/mol. The van der Waals surface area contributed by atoms with E-state index in [9.17, 15) is 9.59 Å². The van der Waals surface area contributed by atoms with Gasteiger partial charge in [0.05, 0.1) is 17.4 Å². The van der Waals surface area contributed by atoms with Crippen LogP contribution in [0.5, 0.6) is 5.75 Å². The van der Waals surface area contributed by atoms with E-state index in [-0.39, 0.29) is 11.8 Å². The first-order valence-electron chi connectivity index (χ1n) is 10.8. The number of anilines is 2. The number of amides is 2. The third kappa shape index (κ3) is 4.37. The van der Waals surface area contributed by atoms with Crippen LogP contribution in [0.25, 0.3) is 5.57 Å². The third-order valence-electron chi connectivity index (χ3n) is 5.42. The fourth-order valence-corrected chi connectivity index (χ4v) is 3.90. The number of para-hydroxylation sites is 2. The van der Waals surface area contributed by atoms with Crippen LogP contribution in [0.1, 0.15) is 30.5 Å². The van der Waals surface area contributed by atoms with E-state index >= 15 is 0 Å². The summed E-state index contributed by atoms with van der Waals surface area (Å²) in [6.07, 6.45) is -0.116. The van der Waals surface area contributed by atoms with Gasteiger partial charge in [0, 0.05) is 10.7 Å². The van der Waals surface area contributed by atoms with Crippen molar-refractivity contribution in [2.45, 2.75) is 33.8 Å². The van der Waals surface area contributed by atoms with E-state index in [2.05, 4.69) is 5.32 Å². The van der Waals surface area contributed by atoms with Crippen molar-refractivity contribution in [3.8, 4) is 5.75 Å². The molecule has 0 saturated carbocycles. The zero-order chi connectivity index (χ0) is 23.7. The smallest absolute Gasteiger partial charge is 0.282 e. The number of rotatable bonds is 6. The minimum Gasteiger partial charge on any atom is -0.489 e. The number of hydrogen-bond acceptors (Lipinski definition) is 4. The van der Waals surface area contributed by atoms with Gasteiger partial charge in [0.2, 0.25) is 0 Å². The fraction of sp³-hybridized carbons (Fsp3) is 0.185. The zero-order valence-electron chi connectivity index (χ0n) is 19.0. The number of halogens is 1. The Bertz CT molecular complexity index is 1260. The highest BCUT2D eigenvalue weighted by Gasteiger charge is 2.41. The van der Waals surface area contributed by atoms with Crippen molar-refractivity contribution >= 4 is 40.4 Å². The molecule has 1 aliphatic heterocycles. The van der Waals surface area contributed by atoms with Gasteiger partial charge in [-0.25, -0.2) is 4.90 Å². The van der Waals surface area contributed by atoms with Gasteiger partial charge in [-0.2, -0.15) is 0 Å². The van der Waals surface area contributed by atoms with Crippen LogP contribution in [0.15, 0.2) is 72.4 Å². The number of aryl methyl sites for hydroxylation is 1. The van der Waals surface area contributed by atoms with Gasteiger partial charge in [-0.1, -0.05) is 59.6 Å². The van der Waals surface area contributed by atoms with Crippen LogP contribution in [0.2, 0.25) is 5.02 Å². The highest BCUT2D eigenvalue weighted by Crippen LogP contribution is 2.38. The van der Waals surface area contributed by atoms with Crippen molar-refractivity contribution in [2.24, 2.45) is 0 Å². The molecule has 4 rings (SSSR count). The van der Waals surface area contributed by atoms with E-state index < -0.39 is 11.8 Å². The van der Waals surface area contributed by atoms with Crippen LogP contribution >= 0.6 is 11.6 Å². The molecule has 0 unspecified atom stereocenters. The lowest BCUT2D eigenvalue weighted by Gasteiger charge is -2.20. The number of carbonyl (C=O) groups excluding carboxylic acids is 2. The molecule has 1 N–H and O–H groups in total. The van der Waals surface area contributed by atoms with Gasteiger partial charge in [0.1, 0.15) is 11.4 Å². The topological polar surface area (TPSA) is 58.6 Å². The second kappa shape index (κ2) is 9.12. The third-order valence-corrected chi connectivity index (χ3v) is 5.83. The summed E-state index contributed by atoms with van der Waals surface area (Å²) in [4.78, 5) is 28.6. The van der Waals surface area contributed by atoms with E-state index in [1.807, 2.05) is 64.1 Å². The second-order valence-corrected chi connectivity index (χ2v) is 8.64. The van der Waals surface area contributed by atoms with Crippen LogP contribution in [0, 0.1) is 13.8 Å². The second-order valence-electron chi connectivity index (χ2n) is 8.23. The summed E-state index contributed by atoms with van der Waals surface area (Å²) < 4.78 is 5.90. The Kier molecular flexibility index (Phi) is 6.25. The first-order chi connectivity index (χ1) is 15.8. The van der Waals surface area contributed by atoms with E-state index in [1.165, 1.54) is 4.90 Å². The van der Waals surface area contributed by atoms with Crippen molar-refractivity contribution < 1.29 is 14.3 Å². The summed E-state index contributed by atoms with van der Waals surface area (Å²) in [5.41, 5.74) is 4.08. The molecule has 0 aliphatic carbocycles. The summed E-state index contributed by atoms with van der Waals surface area (Å²) in [7, 11) is 0. The standard InChI is InChI=1S/C27H25ClN2O3/c1-16(2)33-23-11-6-5-10-22(23)30-26(31)24(19-14-12-17(3)13-15-19)25(27(30)32)29-21-9-7-8-20(28)18(21)4/h5-16,29H,1-4H3. The highest BCUT2D eigenvalue weighted by molar-refractivity contribution is 6.46. The van der Waals surface area contributed by atoms with E-state index in [0.717, 1.165) is 11.1 Å². The predicted octanol–water partition coefficient (Wildman–Crippen LogP) is 6.14. The Morgan fingerprint density at radius 2 is 1.58 bits per heavy atom. The molecule has 6 heteroatoms. The molecule has 0 bridgehead atoms. The zero-order valence-corrected chi connectivity index (χ0v) is 19.7. The van der Waals surface area contributed by atoms with Crippen LogP contribution in [0.4, 0.5) is 11.4 Å². The van der Waals surface area contributed by atoms with Crippen LogP contribution in [0.3, 0.4) is 0 Å². The van der Waals surface area contributed by atoms with E-state index in [4.69, 9.17) is 16.3 Å². The van der Waals surface area contributed by atoms with Gasteiger partial charge >= 0.3 is 0 Å². The Hall–Kier alpha value is -3.57. The molecule has 5 nitrogen and oxygen atoms in total.